The number of anilines is 1. The van der Waals surface area contributed by atoms with Crippen LogP contribution in [0, 0.1) is 6.92 Å². The van der Waals surface area contributed by atoms with Crippen LogP contribution in [0.3, 0.4) is 0 Å². The van der Waals surface area contributed by atoms with Gasteiger partial charge >= 0.3 is 0 Å². The number of rotatable bonds is 6. The fraction of sp³-hybridized carbons (Fsp3) is 0.370. The number of fused-ring (bicyclic) bond motifs is 2. The summed E-state index contributed by atoms with van der Waals surface area (Å²) in [4.78, 5) is 23.4. The average molecular weight is 458 g/mol. The smallest absolute Gasteiger partial charge is 0.277 e. The fourth-order valence-electron chi connectivity index (χ4n) is 4.98. The number of nitrogens with one attached hydrogen (secondary N) is 1. The van der Waals surface area contributed by atoms with E-state index in [1.807, 2.05) is 46.8 Å². The van der Waals surface area contributed by atoms with Crippen molar-refractivity contribution in [2.45, 2.75) is 59.0 Å². The molecule has 1 fully saturated rings. The minimum atomic E-state index is -0.234. The number of ether oxygens (including phenoxy) is 1. The Morgan fingerprint density at radius 3 is 2.65 bits per heavy atom. The Morgan fingerprint density at radius 1 is 1.15 bits per heavy atom. The molecule has 0 radical (unpaired) electrons. The van der Waals surface area contributed by atoms with Gasteiger partial charge in [-0.3, -0.25) is 14.4 Å². The van der Waals surface area contributed by atoms with Crippen LogP contribution in [0.15, 0.2) is 48.8 Å². The SMILES string of the molecule is C.CCCOc1ccc(C2c3c(C)nn(C4CCC4)c3C(=O)N2c2ccc3nc[nH]c3c2)cc1. The molecule has 1 saturated carbocycles. The summed E-state index contributed by atoms with van der Waals surface area (Å²) < 4.78 is 7.78. The van der Waals surface area contributed by atoms with Gasteiger partial charge in [-0.25, -0.2) is 4.98 Å². The van der Waals surface area contributed by atoms with Crippen LogP contribution in [-0.4, -0.2) is 32.3 Å². The van der Waals surface area contributed by atoms with E-state index >= 15 is 0 Å². The number of carbonyl (C=O) groups is 1. The fourth-order valence-corrected chi connectivity index (χ4v) is 4.98. The number of nitrogens with zero attached hydrogens (tertiary/aromatic N) is 4. The molecule has 3 heterocycles. The summed E-state index contributed by atoms with van der Waals surface area (Å²) in [7, 11) is 0. The van der Waals surface area contributed by atoms with Crippen LogP contribution >= 0.6 is 0 Å². The molecular weight excluding hydrogens is 426 g/mol. The maximum atomic E-state index is 14.0. The van der Waals surface area contributed by atoms with Gasteiger partial charge in [0.05, 0.1) is 41.7 Å². The number of hydrogen-bond donors (Lipinski definition) is 1. The molecule has 2 aliphatic rings. The Bertz CT molecular complexity index is 1330. The van der Waals surface area contributed by atoms with E-state index in [1.54, 1.807) is 6.33 Å². The Balaban J connectivity index is 0.00000241. The maximum Gasteiger partial charge on any atom is 0.277 e. The van der Waals surface area contributed by atoms with Crippen molar-refractivity contribution in [3.05, 3.63) is 71.3 Å². The van der Waals surface area contributed by atoms with Gasteiger partial charge in [0.25, 0.3) is 5.91 Å². The van der Waals surface area contributed by atoms with E-state index in [2.05, 4.69) is 29.0 Å². The molecule has 4 aromatic rings. The summed E-state index contributed by atoms with van der Waals surface area (Å²) in [6.07, 6.45) is 5.99. The van der Waals surface area contributed by atoms with Gasteiger partial charge in [-0.1, -0.05) is 26.5 Å². The second-order valence-corrected chi connectivity index (χ2v) is 8.98. The summed E-state index contributed by atoms with van der Waals surface area (Å²) in [5.74, 6) is 0.852. The van der Waals surface area contributed by atoms with Crippen molar-refractivity contribution in [3.8, 4) is 5.75 Å². The van der Waals surface area contributed by atoms with Gasteiger partial charge in [0.1, 0.15) is 11.4 Å². The first-order valence-corrected chi connectivity index (χ1v) is 11.7. The highest BCUT2D eigenvalue weighted by atomic mass is 16.5. The first kappa shape index (κ1) is 22.2. The predicted molar refractivity (Wildman–Crippen MR) is 134 cm³/mol. The lowest BCUT2D eigenvalue weighted by Gasteiger charge is -2.28. The summed E-state index contributed by atoms with van der Waals surface area (Å²) in [5, 5.41) is 4.84. The van der Waals surface area contributed by atoms with E-state index in [4.69, 9.17) is 9.84 Å². The van der Waals surface area contributed by atoms with E-state index in [0.717, 1.165) is 64.2 Å². The van der Waals surface area contributed by atoms with Gasteiger partial charge in [-0.2, -0.15) is 5.10 Å². The molecule has 2 aromatic carbocycles. The van der Waals surface area contributed by atoms with E-state index in [9.17, 15) is 4.79 Å². The molecule has 1 N–H and O–H groups in total. The van der Waals surface area contributed by atoms with Crippen LogP contribution < -0.4 is 9.64 Å². The third-order valence-corrected chi connectivity index (χ3v) is 6.86. The normalized spacial score (nSPS) is 17.5. The lowest BCUT2D eigenvalue weighted by Crippen LogP contribution is -2.31. The van der Waals surface area contributed by atoms with Gasteiger partial charge < -0.3 is 9.72 Å². The van der Waals surface area contributed by atoms with Crippen LogP contribution in [0.2, 0.25) is 0 Å². The molecule has 6 rings (SSSR count). The van der Waals surface area contributed by atoms with Crippen LogP contribution in [0.25, 0.3) is 11.0 Å². The highest BCUT2D eigenvalue weighted by Gasteiger charge is 2.45. The molecule has 7 heteroatoms. The molecule has 1 aliphatic carbocycles. The minimum Gasteiger partial charge on any atom is -0.494 e. The quantitative estimate of drug-likeness (QED) is 0.387. The number of H-pyrrole nitrogens is 1. The zero-order chi connectivity index (χ0) is 22.5. The number of benzene rings is 2. The van der Waals surface area contributed by atoms with Crippen LogP contribution in [-0.2, 0) is 0 Å². The third-order valence-electron chi connectivity index (χ3n) is 6.86. The lowest BCUT2D eigenvalue weighted by molar-refractivity contribution is 0.0976. The molecule has 2 aromatic heterocycles. The Morgan fingerprint density at radius 2 is 1.94 bits per heavy atom. The number of aromatic nitrogens is 4. The number of carbonyl (C=O) groups excluding carboxylic acids is 1. The monoisotopic (exact) mass is 457 g/mol. The second-order valence-electron chi connectivity index (χ2n) is 8.98. The summed E-state index contributed by atoms with van der Waals surface area (Å²) in [6, 6.07) is 14.2. The standard InChI is InChI=1S/C26H27N5O2.CH4/c1-3-13-33-20-10-7-17(8-11-20)24-23-16(2)29-31(18-5-4-6-18)25(23)26(32)30(24)19-9-12-21-22(14-19)28-15-27-21;/h7-12,14-15,18,24H,3-6,13H2,1-2H3,(H,27,28);1H4. The minimum absolute atomic E-state index is 0. The average Bonchev–Trinajstić information content (AvgIpc) is 3.46. The first-order chi connectivity index (χ1) is 16.2. The van der Waals surface area contributed by atoms with Crippen LogP contribution in [0.5, 0.6) is 5.75 Å². The number of amides is 1. The topological polar surface area (TPSA) is 76.0 Å². The van der Waals surface area contributed by atoms with E-state index in [0.29, 0.717) is 12.6 Å². The van der Waals surface area contributed by atoms with Crippen molar-refractivity contribution >= 4 is 22.6 Å². The van der Waals surface area contributed by atoms with Crippen molar-refractivity contribution in [1.82, 2.24) is 19.7 Å². The molecule has 7 nitrogen and oxygen atoms in total. The molecule has 1 amide bonds. The zero-order valence-electron chi connectivity index (χ0n) is 18.9. The molecule has 1 unspecified atom stereocenters. The molecule has 1 aliphatic heterocycles. The molecule has 176 valence electrons. The summed E-state index contributed by atoms with van der Waals surface area (Å²) >= 11 is 0. The molecule has 0 bridgehead atoms. The van der Waals surface area contributed by atoms with Crippen molar-refractivity contribution in [2.75, 3.05) is 11.5 Å². The van der Waals surface area contributed by atoms with E-state index < -0.39 is 0 Å². The van der Waals surface area contributed by atoms with Gasteiger partial charge in [0.2, 0.25) is 0 Å². The Kier molecular flexibility index (Phi) is 5.63. The van der Waals surface area contributed by atoms with Crippen LogP contribution in [0.4, 0.5) is 5.69 Å². The molecule has 0 spiro atoms. The molecule has 34 heavy (non-hydrogen) atoms. The lowest BCUT2D eigenvalue weighted by atomic mass is 9.93. The van der Waals surface area contributed by atoms with Gasteiger partial charge in [-0.15, -0.1) is 0 Å². The van der Waals surface area contributed by atoms with Gasteiger partial charge in [0, 0.05) is 11.3 Å². The number of aromatic amines is 1. The molecule has 0 saturated heterocycles. The van der Waals surface area contributed by atoms with E-state index in [-0.39, 0.29) is 19.4 Å². The number of imidazole rings is 1. The van der Waals surface area contributed by atoms with Crippen molar-refractivity contribution in [3.63, 3.8) is 0 Å². The predicted octanol–water partition coefficient (Wildman–Crippen LogP) is 5.97. The Hall–Kier alpha value is -3.61. The number of hydrogen-bond acceptors (Lipinski definition) is 4. The molecular formula is C27H31N5O2. The molecule has 1 atom stereocenters. The highest BCUT2D eigenvalue weighted by molar-refractivity contribution is 6.11. The highest BCUT2D eigenvalue weighted by Crippen LogP contribution is 2.46. The summed E-state index contributed by atoms with van der Waals surface area (Å²) in [6.45, 7) is 4.81. The van der Waals surface area contributed by atoms with Gasteiger partial charge in [0.15, 0.2) is 0 Å². The van der Waals surface area contributed by atoms with E-state index in [1.165, 1.54) is 6.42 Å². The van der Waals surface area contributed by atoms with Crippen molar-refractivity contribution < 1.29 is 9.53 Å². The largest absolute Gasteiger partial charge is 0.494 e. The van der Waals surface area contributed by atoms with Crippen molar-refractivity contribution in [2.24, 2.45) is 0 Å². The second kappa shape index (κ2) is 8.63. The van der Waals surface area contributed by atoms with Crippen LogP contribution in [0.1, 0.15) is 79.4 Å². The van der Waals surface area contributed by atoms with Crippen molar-refractivity contribution in [1.29, 1.82) is 0 Å². The Labute approximate surface area is 199 Å². The first-order valence-electron chi connectivity index (χ1n) is 11.7. The number of aryl methyl sites for hydroxylation is 1. The third kappa shape index (κ3) is 3.38. The maximum absolute atomic E-state index is 14.0. The summed E-state index contributed by atoms with van der Waals surface area (Å²) in [5.41, 5.74) is 6.36. The van der Waals surface area contributed by atoms with Gasteiger partial charge in [-0.05, 0) is 68.5 Å². The zero-order valence-corrected chi connectivity index (χ0v) is 18.9.